The van der Waals surface area contributed by atoms with Gasteiger partial charge >= 0.3 is 5.97 Å². The van der Waals surface area contributed by atoms with Gasteiger partial charge in [-0.2, -0.15) is 0 Å². The Morgan fingerprint density at radius 3 is 2.38 bits per heavy atom. The molecule has 0 aromatic carbocycles. The number of carbonyl (C=O) groups is 6. The van der Waals surface area contributed by atoms with Gasteiger partial charge in [0.15, 0.2) is 0 Å². The number of nitrogens with zero attached hydrogens (tertiary/aromatic N) is 2. The number of thioether (sulfide) groups is 1. The zero-order valence-corrected chi connectivity index (χ0v) is 18.7. The van der Waals surface area contributed by atoms with Crippen molar-refractivity contribution < 1.29 is 38.3 Å². The Kier molecular flexibility index (Phi) is 8.80. The average Bonchev–Trinajstić information content (AvgIpc) is 3.24. The van der Waals surface area contributed by atoms with Gasteiger partial charge < -0.3 is 14.4 Å². The smallest absolute Gasteiger partial charge is 0.336 e. The number of ether oxygens (including phenoxy) is 1. The van der Waals surface area contributed by atoms with Gasteiger partial charge in [-0.3, -0.25) is 24.1 Å². The molecule has 3 rings (SSSR count). The molecule has 0 radical (unpaired) electrons. The van der Waals surface area contributed by atoms with E-state index in [1.807, 2.05) is 0 Å². The van der Waals surface area contributed by atoms with Crippen LogP contribution in [0.1, 0.15) is 51.4 Å². The van der Waals surface area contributed by atoms with Crippen molar-refractivity contribution in [1.29, 1.82) is 0 Å². The van der Waals surface area contributed by atoms with Crippen LogP contribution in [0.25, 0.3) is 0 Å². The second-order valence-electron chi connectivity index (χ2n) is 8.21. The molecule has 11 heteroatoms. The summed E-state index contributed by atoms with van der Waals surface area (Å²) in [5, 5.41) is 0.192. The molecule has 0 bridgehead atoms. The number of hydroxylamine groups is 2. The van der Waals surface area contributed by atoms with E-state index in [0.29, 0.717) is 62.4 Å². The molecule has 0 aromatic rings. The molecule has 1 unspecified atom stereocenters. The highest BCUT2D eigenvalue weighted by molar-refractivity contribution is 8.00. The van der Waals surface area contributed by atoms with Crippen LogP contribution in [0.2, 0.25) is 0 Å². The molecule has 1 atom stereocenters. The van der Waals surface area contributed by atoms with E-state index in [9.17, 15) is 28.8 Å². The van der Waals surface area contributed by atoms with Crippen molar-refractivity contribution in [3.05, 3.63) is 0 Å². The van der Waals surface area contributed by atoms with Gasteiger partial charge in [0, 0.05) is 32.4 Å². The zero-order valence-electron chi connectivity index (χ0n) is 17.9. The highest BCUT2D eigenvalue weighted by atomic mass is 32.2. The van der Waals surface area contributed by atoms with Crippen molar-refractivity contribution in [3.8, 4) is 0 Å². The van der Waals surface area contributed by atoms with Gasteiger partial charge in [0.1, 0.15) is 12.9 Å². The van der Waals surface area contributed by atoms with Crippen molar-refractivity contribution in [2.75, 3.05) is 25.5 Å². The van der Waals surface area contributed by atoms with E-state index in [1.165, 1.54) is 16.7 Å². The lowest BCUT2D eigenvalue weighted by Gasteiger charge is -2.30. The maximum absolute atomic E-state index is 12.6. The number of carbonyl (C=O) groups excluding carboxylic acids is 6. The third-order valence-corrected chi connectivity index (χ3v) is 7.24. The average molecular weight is 469 g/mol. The lowest BCUT2D eigenvalue weighted by Crippen LogP contribution is -2.39. The molecule has 10 nitrogen and oxygen atoms in total. The van der Waals surface area contributed by atoms with Crippen LogP contribution in [0.15, 0.2) is 0 Å². The van der Waals surface area contributed by atoms with Crippen LogP contribution >= 0.6 is 11.8 Å². The first-order valence-electron chi connectivity index (χ1n) is 11.0. The fraction of sp³-hybridized carbons (Fsp3) is 0.714. The molecule has 0 spiro atoms. The Hall–Kier alpha value is -2.27. The predicted octanol–water partition coefficient (Wildman–Crippen LogP) is 0.866. The summed E-state index contributed by atoms with van der Waals surface area (Å²) in [7, 11) is 0. The van der Waals surface area contributed by atoms with Crippen LogP contribution in [0.3, 0.4) is 0 Å². The normalized spacial score (nSPS) is 26.2. The largest absolute Gasteiger partial charge is 0.374 e. The third-order valence-electron chi connectivity index (χ3n) is 5.95. The van der Waals surface area contributed by atoms with Crippen molar-refractivity contribution in [3.63, 3.8) is 0 Å². The van der Waals surface area contributed by atoms with Gasteiger partial charge in [-0.25, -0.2) is 4.79 Å². The number of amides is 4. The molecule has 32 heavy (non-hydrogen) atoms. The fourth-order valence-corrected chi connectivity index (χ4v) is 5.25. The highest BCUT2D eigenvalue weighted by Gasteiger charge is 2.41. The maximum Gasteiger partial charge on any atom is 0.336 e. The van der Waals surface area contributed by atoms with Crippen LogP contribution in [-0.2, 0) is 38.3 Å². The van der Waals surface area contributed by atoms with E-state index < -0.39 is 23.7 Å². The third kappa shape index (κ3) is 6.16. The van der Waals surface area contributed by atoms with Crippen LogP contribution in [-0.4, -0.2) is 76.6 Å². The number of likely N-dealkylation sites (tertiary alicyclic amines) is 1. The standard InChI is InChI=1S/C21H28N2O8S/c24-8-10-30-9-1-11-32-16-12-19(27)22(20(16)28)13-14-2-4-15(5-3-14)21(29)31-23-17(25)6-7-18(23)26/h8,14-16H,1-7,9-13H2. The monoisotopic (exact) mass is 468 g/mol. The first kappa shape index (κ1) is 24.4. The van der Waals surface area contributed by atoms with Gasteiger partial charge in [-0.15, -0.1) is 16.8 Å². The Morgan fingerprint density at radius 2 is 1.72 bits per heavy atom. The van der Waals surface area contributed by atoms with Gasteiger partial charge in [-0.1, -0.05) is 0 Å². The Balaban J connectivity index is 1.38. The number of rotatable bonds is 11. The number of hydrogen-bond donors (Lipinski definition) is 0. The van der Waals surface area contributed by atoms with Crippen molar-refractivity contribution in [1.82, 2.24) is 9.96 Å². The summed E-state index contributed by atoms with van der Waals surface area (Å²) in [4.78, 5) is 77.1. The Bertz CT molecular complexity index is 749. The Labute approximate surface area is 190 Å². The number of aldehydes is 1. The Morgan fingerprint density at radius 1 is 1.03 bits per heavy atom. The van der Waals surface area contributed by atoms with Gasteiger partial charge in [-0.05, 0) is 43.8 Å². The van der Waals surface area contributed by atoms with Crippen molar-refractivity contribution in [2.45, 2.75) is 56.6 Å². The van der Waals surface area contributed by atoms with Crippen LogP contribution < -0.4 is 0 Å². The van der Waals surface area contributed by atoms with E-state index in [2.05, 4.69) is 0 Å². The molecule has 2 aliphatic heterocycles. The minimum Gasteiger partial charge on any atom is -0.374 e. The van der Waals surface area contributed by atoms with E-state index >= 15 is 0 Å². The minimum absolute atomic E-state index is 0.0595. The lowest BCUT2D eigenvalue weighted by molar-refractivity contribution is -0.201. The first-order valence-corrected chi connectivity index (χ1v) is 12.0. The highest BCUT2D eigenvalue weighted by Crippen LogP contribution is 2.33. The summed E-state index contributed by atoms with van der Waals surface area (Å²) >= 11 is 1.44. The molecule has 2 heterocycles. The minimum atomic E-state index is -0.575. The number of imide groups is 2. The molecule has 3 fully saturated rings. The van der Waals surface area contributed by atoms with E-state index in [4.69, 9.17) is 9.57 Å². The van der Waals surface area contributed by atoms with E-state index in [-0.39, 0.29) is 48.9 Å². The van der Waals surface area contributed by atoms with E-state index in [0.717, 1.165) is 0 Å². The van der Waals surface area contributed by atoms with Crippen molar-refractivity contribution >= 4 is 47.6 Å². The quantitative estimate of drug-likeness (QED) is 0.246. The van der Waals surface area contributed by atoms with Crippen LogP contribution in [0.5, 0.6) is 0 Å². The molecule has 0 N–H and O–H groups in total. The van der Waals surface area contributed by atoms with Crippen molar-refractivity contribution in [2.24, 2.45) is 11.8 Å². The molecule has 1 saturated carbocycles. The van der Waals surface area contributed by atoms with Gasteiger partial charge in [0.25, 0.3) is 11.8 Å². The number of hydrogen-bond acceptors (Lipinski definition) is 9. The summed E-state index contributed by atoms with van der Waals surface area (Å²) in [6, 6.07) is 0. The molecule has 2 saturated heterocycles. The van der Waals surface area contributed by atoms with Gasteiger partial charge in [0.2, 0.25) is 11.8 Å². The summed E-state index contributed by atoms with van der Waals surface area (Å²) in [6.45, 7) is 0.853. The predicted molar refractivity (Wildman–Crippen MR) is 112 cm³/mol. The molecular weight excluding hydrogens is 440 g/mol. The topological polar surface area (TPSA) is 127 Å². The summed E-state index contributed by atoms with van der Waals surface area (Å²) in [6.07, 6.45) is 4.06. The van der Waals surface area contributed by atoms with Crippen LogP contribution in [0.4, 0.5) is 0 Å². The van der Waals surface area contributed by atoms with E-state index in [1.54, 1.807) is 0 Å². The molecule has 3 aliphatic rings. The zero-order chi connectivity index (χ0) is 23.1. The second-order valence-corrected chi connectivity index (χ2v) is 9.52. The lowest BCUT2D eigenvalue weighted by atomic mass is 9.82. The molecule has 0 aromatic heterocycles. The summed E-state index contributed by atoms with van der Waals surface area (Å²) in [5.41, 5.74) is 0. The maximum atomic E-state index is 12.6. The molecule has 4 amide bonds. The SMILES string of the molecule is O=CCOCCCSC1CC(=O)N(CC2CCC(C(=O)ON3C(=O)CCC3=O)CC2)C1=O. The summed E-state index contributed by atoms with van der Waals surface area (Å²) in [5.74, 6) is -1.52. The second kappa shape index (κ2) is 11.6. The molecular formula is C21H28N2O8S. The fourth-order valence-electron chi connectivity index (χ4n) is 4.15. The van der Waals surface area contributed by atoms with Gasteiger partial charge in [0.05, 0.1) is 11.2 Å². The summed E-state index contributed by atoms with van der Waals surface area (Å²) < 4.78 is 5.08. The first-order chi connectivity index (χ1) is 15.4. The molecule has 176 valence electrons. The molecule has 1 aliphatic carbocycles. The van der Waals surface area contributed by atoms with Crippen LogP contribution in [0, 0.1) is 11.8 Å².